The third-order valence-corrected chi connectivity index (χ3v) is 8.17. The summed E-state index contributed by atoms with van der Waals surface area (Å²) in [6.45, 7) is 0. The molecule has 1 aliphatic heterocycles. The molecule has 0 unspecified atom stereocenters. The second-order valence-electron chi connectivity index (χ2n) is 8.13. The van der Waals surface area contributed by atoms with Crippen molar-refractivity contribution < 1.29 is 8.42 Å². The summed E-state index contributed by atoms with van der Waals surface area (Å²) in [6, 6.07) is 39.1. The molecule has 0 radical (unpaired) electrons. The largest absolute Gasteiger partial charge is 0.218 e. The first-order chi connectivity index (χ1) is 16.2. The summed E-state index contributed by atoms with van der Waals surface area (Å²) in [5.41, 5.74) is 7.40. The van der Waals surface area contributed by atoms with Crippen LogP contribution in [-0.2, 0) is 9.84 Å². The van der Waals surface area contributed by atoms with Crippen LogP contribution in [0.4, 0.5) is 0 Å². The minimum Gasteiger partial charge on any atom is -0.218 e. The Labute approximate surface area is 193 Å². The van der Waals surface area contributed by atoms with E-state index < -0.39 is 9.84 Å². The third-order valence-electron chi connectivity index (χ3n) is 6.30. The van der Waals surface area contributed by atoms with Crippen LogP contribution in [0.2, 0.25) is 0 Å². The molecule has 2 nitrogen and oxygen atoms in total. The van der Waals surface area contributed by atoms with E-state index in [9.17, 15) is 8.42 Å². The van der Waals surface area contributed by atoms with Crippen LogP contribution in [0.5, 0.6) is 0 Å². The smallest absolute Gasteiger partial charge is 0.207 e. The lowest BCUT2D eigenvalue weighted by Crippen LogP contribution is -2.06. The van der Waals surface area contributed by atoms with Gasteiger partial charge in [0.25, 0.3) is 0 Å². The maximum atomic E-state index is 14.1. The van der Waals surface area contributed by atoms with E-state index in [1.807, 2.05) is 72.8 Å². The molecule has 6 rings (SSSR count). The number of sulfone groups is 1. The van der Waals surface area contributed by atoms with Crippen molar-refractivity contribution in [2.45, 2.75) is 9.79 Å². The first-order valence-electron chi connectivity index (χ1n) is 10.9. The quantitative estimate of drug-likeness (QED) is 0.243. The van der Waals surface area contributed by atoms with Gasteiger partial charge in [-0.15, -0.1) is 0 Å². The van der Waals surface area contributed by atoms with Gasteiger partial charge in [-0.3, -0.25) is 0 Å². The third kappa shape index (κ3) is 3.05. The van der Waals surface area contributed by atoms with Crippen LogP contribution in [0, 0.1) is 0 Å². The molecule has 0 atom stereocenters. The second kappa shape index (κ2) is 7.58. The molecule has 0 amide bonds. The molecule has 0 aromatic heterocycles. The summed E-state index contributed by atoms with van der Waals surface area (Å²) in [6.07, 6.45) is 0. The summed E-state index contributed by atoms with van der Waals surface area (Å²) >= 11 is 0. The van der Waals surface area contributed by atoms with E-state index in [2.05, 4.69) is 24.3 Å². The molecule has 33 heavy (non-hydrogen) atoms. The Morgan fingerprint density at radius 1 is 0.303 bits per heavy atom. The highest BCUT2D eigenvalue weighted by Gasteiger charge is 2.28. The summed E-state index contributed by atoms with van der Waals surface area (Å²) in [5.74, 6) is 0. The average Bonchev–Trinajstić information content (AvgIpc) is 2.89. The normalized spacial score (nSPS) is 13.3. The van der Waals surface area contributed by atoms with Gasteiger partial charge >= 0.3 is 0 Å². The predicted molar refractivity (Wildman–Crippen MR) is 134 cm³/mol. The molecule has 0 fully saturated rings. The number of rotatable bonds is 0. The zero-order valence-corrected chi connectivity index (χ0v) is 18.6. The molecule has 0 N–H and O–H groups in total. The van der Waals surface area contributed by atoms with E-state index >= 15 is 0 Å². The van der Waals surface area contributed by atoms with Crippen LogP contribution < -0.4 is 0 Å². The molecule has 0 saturated carbocycles. The Morgan fingerprint density at radius 2 is 0.515 bits per heavy atom. The Balaban J connectivity index is 1.87. The molecule has 1 heterocycles. The molecule has 5 aromatic rings. The van der Waals surface area contributed by atoms with Crippen LogP contribution in [-0.4, -0.2) is 8.42 Å². The van der Waals surface area contributed by atoms with E-state index in [0.717, 1.165) is 33.4 Å². The molecule has 158 valence electrons. The summed E-state index contributed by atoms with van der Waals surface area (Å²) in [4.78, 5) is 0.642. The van der Waals surface area contributed by atoms with Crippen LogP contribution in [0.15, 0.2) is 131 Å². The Bertz CT molecular complexity index is 1520. The van der Waals surface area contributed by atoms with Gasteiger partial charge < -0.3 is 0 Å². The van der Waals surface area contributed by atoms with Crippen molar-refractivity contribution in [3.05, 3.63) is 121 Å². The molecule has 0 saturated heterocycles. The van der Waals surface area contributed by atoms with Gasteiger partial charge in [-0.25, -0.2) is 8.42 Å². The van der Waals surface area contributed by atoms with Crippen molar-refractivity contribution in [1.29, 1.82) is 0 Å². The number of fused-ring (bicyclic) bond motifs is 9. The van der Waals surface area contributed by atoms with Gasteiger partial charge in [0.1, 0.15) is 0 Å². The van der Waals surface area contributed by atoms with Gasteiger partial charge in [0.05, 0.1) is 9.79 Å². The Kier molecular flexibility index (Phi) is 4.53. The fourth-order valence-electron chi connectivity index (χ4n) is 4.82. The first kappa shape index (κ1) is 19.7. The van der Waals surface area contributed by atoms with Gasteiger partial charge in [-0.2, -0.15) is 0 Å². The molecular weight excluding hydrogens is 424 g/mol. The highest BCUT2D eigenvalue weighted by Crippen LogP contribution is 2.46. The highest BCUT2D eigenvalue weighted by atomic mass is 32.2. The SMILES string of the molecule is O=S1(=O)c2ccccc2-c2ccccc2-c2ccccc2-c2ccccc2-c2ccccc21. The first-order valence-corrected chi connectivity index (χ1v) is 12.4. The summed E-state index contributed by atoms with van der Waals surface area (Å²) in [5, 5.41) is 0. The summed E-state index contributed by atoms with van der Waals surface area (Å²) < 4.78 is 28.3. The fourth-order valence-corrected chi connectivity index (χ4v) is 6.51. The van der Waals surface area contributed by atoms with Gasteiger partial charge in [0.15, 0.2) is 0 Å². The maximum Gasteiger partial charge on any atom is 0.207 e. The van der Waals surface area contributed by atoms with E-state index in [4.69, 9.17) is 0 Å². The average molecular weight is 445 g/mol. The van der Waals surface area contributed by atoms with Crippen LogP contribution >= 0.6 is 0 Å². The molecule has 1 aliphatic rings. The zero-order valence-electron chi connectivity index (χ0n) is 17.8. The lowest BCUT2D eigenvalue weighted by atomic mass is 9.87. The number of hydrogen-bond donors (Lipinski definition) is 0. The van der Waals surface area contributed by atoms with Crippen molar-refractivity contribution in [1.82, 2.24) is 0 Å². The lowest BCUT2D eigenvalue weighted by Gasteiger charge is -2.16. The van der Waals surface area contributed by atoms with Gasteiger partial charge in [-0.05, 0) is 45.5 Å². The van der Waals surface area contributed by atoms with Gasteiger partial charge in [0, 0.05) is 11.1 Å². The Hall–Kier alpha value is -3.95. The Morgan fingerprint density at radius 3 is 0.818 bits per heavy atom. The molecule has 5 aromatic carbocycles. The second-order valence-corrected chi connectivity index (χ2v) is 10.0. The maximum absolute atomic E-state index is 14.1. The number of benzene rings is 5. The number of hydrogen-bond acceptors (Lipinski definition) is 2. The van der Waals surface area contributed by atoms with Crippen molar-refractivity contribution in [3.8, 4) is 44.5 Å². The van der Waals surface area contributed by atoms with Crippen molar-refractivity contribution in [2.24, 2.45) is 0 Å². The molecular formula is C30H20O2S. The zero-order chi connectivity index (χ0) is 22.4. The van der Waals surface area contributed by atoms with Crippen LogP contribution in [0.1, 0.15) is 0 Å². The van der Waals surface area contributed by atoms with E-state index in [1.165, 1.54) is 0 Å². The van der Waals surface area contributed by atoms with Gasteiger partial charge in [0.2, 0.25) is 9.84 Å². The predicted octanol–water partition coefficient (Wildman–Crippen LogP) is 7.50. The molecule has 0 bridgehead atoms. The minimum absolute atomic E-state index is 0.321. The minimum atomic E-state index is -3.79. The summed E-state index contributed by atoms with van der Waals surface area (Å²) in [7, 11) is -3.79. The molecule has 3 heteroatoms. The standard InChI is InChI=1S/C30H20O2S/c31-33(32)29-19-9-7-17-27(29)25-15-5-3-13-23(25)21-11-1-2-12-22(21)24-14-4-6-16-26(24)28-18-8-10-20-30(28)33/h1-20H. The van der Waals surface area contributed by atoms with Crippen molar-refractivity contribution in [2.75, 3.05) is 0 Å². The van der Waals surface area contributed by atoms with Gasteiger partial charge in [-0.1, -0.05) is 109 Å². The van der Waals surface area contributed by atoms with E-state index in [1.54, 1.807) is 24.3 Å². The van der Waals surface area contributed by atoms with Crippen LogP contribution in [0.25, 0.3) is 44.5 Å². The fraction of sp³-hybridized carbons (Fsp3) is 0. The van der Waals surface area contributed by atoms with Crippen molar-refractivity contribution >= 4 is 9.84 Å². The van der Waals surface area contributed by atoms with Crippen molar-refractivity contribution in [3.63, 3.8) is 0 Å². The molecule has 0 spiro atoms. The highest BCUT2D eigenvalue weighted by molar-refractivity contribution is 7.91. The lowest BCUT2D eigenvalue weighted by molar-refractivity contribution is 0.596. The monoisotopic (exact) mass is 444 g/mol. The van der Waals surface area contributed by atoms with Crippen LogP contribution in [0.3, 0.4) is 0 Å². The van der Waals surface area contributed by atoms with E-state index in [0.29, 0.717) is 20.9 Å². The van der Waals surface area contributed by atoms with E-state index in [-0.39, 0.29) is 0 Å². The topological polar surface area (TPSA) is 34.1 Å². The molecule has 0 aliphatic carbocycles.